The van der Waals surface area contributed by atoms with Crippen molar-refractivity contribution in [3.63, 3.8) is 0 Å². The molecule has 1 atom stereocenters. The third-order valence-electron chi connectivity index (χ3n) is 2.62. The van der Waals surface area contributed by atoms with E-state index in [2.05, 4.69) is 12.2 Å². The Morgan fingerprint density at radius 3 is 2.71 bits per heavy atom. The fourth-order valence-electron chi connectivity index (χ4n) is 1.77. The van der Waals surface area contributed by atoms with E-state index in [1.807, 2.05) is 13.0 Å². The van der Waals surface area contributed by atoms with Gasteiger partial charge in [0.05, 0.1) is 5.60 Å². The van der Waals surface area contributed by atoms with Crippen LogP contribution >= 0.6 is 23.2 Å². The molecule has 0 aromatic heterocycles. The maximum atomic E-state index is 9.99. The summed E-state index contributed by atoms with van der Waals surface area (Å²) in [5.41, 5.74) is 0.284. The molecule has 0 heterocycles. The standard InChI is InChI=1S/C13H19Cl2NO/c1-3-6-13(2,17)9-16-8-10-7-11(14)4-5-12(10)15/h4-5,7,16-17H,3,6,8-9H2,1-2H3. The van der Waals surface area contributed by atoms with Crippen molar-refractivity contribution in [2.75, 3.05) is 6.54 Å². The monoisotopic (exact) mass is 275 g/mol. The minimum atomic E-state index is -0.667. The molecule has 0 amide bonds. The molecule has 1 aromatic carbocycles. The van der Waals surface area contributed by atoms with Gasteiger partial charge in [0, 0.05) is 23.1 Å². The van der Waals surface area contributed by atoms with Gasteiger partial charge >= 0.3 is 0 Å². The van der Waals surface area contributed by atoms with E-state index in [0.717, 1.165) is 18.4 Å². The normalized spacial score (nSPS) is 14.6. The van der Waals surface area contributed by atoms with Crippen LogP contribution in [0.4, 0.5) is 0 Å². The van der Waals surface area contributed by atoms with E-state index in [1.165, 1.54) is 0 Å². The zero-order valence-corrected chi connectivity index (χ0v) is 11.8. The van der Waals surface area contributed by atoms with Gasteiger partial charge < -0.3 is 10.4 Å². The van der Waals surface area contributed by atoms with Crippen LogP contribution in [0, 0.1) is 0 Å². The number of halogens is 2. The van der Waals surface area contributed by atoms with E-state index in [1.54, 1.807) is 12.1 Å². The second kappa shape index (κ2) is 6.60. The number of hydrogen-bond donors (Lipinski definition) is 2. The van der Waals surface area contributed by atoms with E-state index in [0.29, 0.717) is 23.1 Å². The summed E-state index contributed by atoms with van der Waals surface area (Å²) >= 11 is 11.9. The van der Waals surface area contributed by atoms with Crippen LogP contribution in [0.25, 0.3) is 0 Å². The fraction of sp³-hybridized carbons (Fsp3) is 0.538. The van der Waals surface area contributed by atoms with Gasteiger partial charge in [0.2, 0.25) is 0 Å². The number of aliphatic hydroxyl groups is 1. The van der Waals surface area contributed by atoms with Crippen LogP contribution in [-0.2, 0) is 6.54 Å². The van der Waals surface area contributed by atoms with E-state index in [-0.39, 0.29) is 0 Å². The summed E-state index contributed by atoms with van der Waals surface area (Å²) in [5.74, 6) is 0. The molecule has 1 aromatic rings. The first-order valence-corrected chi connectivity index (χ1v) is 6.57. The lowest BCUT2D eigenvalue weighted by molar-refractivity contribution is 0.0498. The van der Waals surface area contributed by atoms with Gasteiger partial charge in [-0.25, -0.2) is 0 Å². The molecule has 1 rings (SSSR count). The summed E-state index contributed by atoms with van der Waals surface area (Å²) in [6.07, 6.45) is 1.75. The molecule has 17 heavy (non-hydrogen) atoms. The average molecular weight is 276 g/mol. The van der Waals surface area contributed by atoms with Crippen molar-refractivity contribution in [3.8, 4) is 0 Å². The summed E-state index contributed by atoms with van der Waals surface area (Å²) in [6, 6.07) is 5.39. The molecule has 4 heteroatoms. The van der Waals surface area contributed by atoms with Crippen molar-refractivity contribution in [2.45, 2.75) is 38.8 Å². The van der Waals surface area contributed by atoms with Gasteiger partial charge in [-0.3, -0.25) is 0 Å². The van der Waals surface area contributed by atoms with E-state index < -0.39 is 5.60 Å². The van der Waals surface area contributed by atoms with Crippen LogP contribution in [0.3, 0.4) is 0 Å². The average Bonchev–Trinajstić information content (AvgIpc) is 2.23. The second-order valence-electron chi connectivity index (χ2n) is 4.59. The highest BCUT2D eigenvalue weighted by molar-refractivity contribution is 6.33. The summed E-state index contributed by atoms with van der Waals surface area (Å²) in [7, 11) is 0. The van der Waals surface area contributed by atoms with Gasteiger partial charge in [-0.05, 0) is 37.1 Å². The van der Waals surface area contributed by atoms with Gasteiger partial charge in [-0.15, -0.1) is 0 Å². The lowest BCUT2D eigenvalue weighted by atomic mass is 10.0. The molecule has 0 saturated heterocycles. The van der Waals surface area contributed by atoms with Crippen molar-refractivity contribution in [3.05, 3.63) is 33.8 Å². The Balaban J connectivity index is 2.48. The third-order valence-corrected chi connectivity index (χ3v) is 3.22. The fourth-order valence-corrected chi connectivity index (χ4v) is 2.15. The molecule has 2 N–H and O–H groups in total. The van der Waals surface area contributed by atoms with Crippen molar-refractivity contribution in [2.24, 2.45) is 0 Å². The lowest BCUT2D eigenvalue weighted by Crippen LogP contribution is -2.37. The molecule has 1 unspecified atom stereocenters. The van der Waals surface area contributed by atoms with Crippen molar-refractivity contribution in [1.29, 1.82) is 0 Å². The Morgan fingerprint density at radius 1 is 1.35 bits per heavy atom. The van der Waals surface area contributed by atoms with E-state index >= 15 is 0 Å². The van der Waals surface area contributed by atoms with Crippen LogP contribution in [0.5, 0.6) is 0 Å². The summed E-state index contributed by atoms with van der Waals surface area (Å²) in [5, 5.41) is 14.6. The highest BCUT2D eigenvalue weighted by Crippen LogP contribution is 2.20. The highest BCUT2D eigenvalue weighted by Gasteiger charge is 2.18. The van der Waals surface area contributed by atoms with Crippen molar-refractivity contribution in [1.82, 2.24) is 5.32 Å². The van der Waals surface area contributed by atoms with E-state index in [9.17, 15) is 5.11 Å². The van der Waals surface area contributed by atoms with Crippen LogP contribution in [0.2, 0.25) is 10.0 Å². The molecule has 0 fully saturated rings. The first-order chi connectivity index (χ1) is 7.94. The molecule has 0 aliphatic rings. The van der Waals surface area contributed by atoms with Crippen LogP contribution < -0.4 is 5.32 Å². The predicted molar refractivity (Wildman–Crippen MR) is 73.7 cm³/mol. The van der Waals surface area contributed by atoms with Gasteiger partial charge in [0.1, 0.15) is 0 Å². The highest BCUT2D eigenvalue weighted by atomic mass is 35.5. The van der Waals surface area contributed by atoms with Gasteiger partial charge in [0.15, 0.2) is 0 Å². The topological polar surface area (TPSA) is 32.3 Å². The van der Waals surface area contributed by atoms with E-state index in [4.69, 9.17) is 23.2 Å². The largest absolute Gasteiger partial charge is 0.389 e. The third kappa shape index (κ3) is 5.26. The zero-order chi connectivity index (χ0) is 12.9. The Kier molecular flexibility index (Phi) is 5.74. The summed E-state index contributed by atoms with van der Waals surface area (Å²) in [6.45, 7) is 5.05. The van der Waals surface area contributed by atoms with Crippen LogP contribution in [0.15, 0.2) is 18.2 Å². The second-order valence-corrected chi connectivity index (χ2v) is 5.43. The first-order valence-electron chi connectivity index (χ1n) is 5.81. The maximum Gasteiger partial charge on any atom is 0.0743 e. The summed E-state index contributed by atoms with van der Waals surface area (Å²) in [4.78, 5) is 0. The van der Waals surface area contributed by atoms with Gasteiger partial charge in [-0.2, -0.15) is 0 Å². The molecule has 0 radical (unpaired) electrons. The number of benzene rings is 1. The molecule has 96 valence electrons. The summed E-state index contributed by atoms with van der Waals surface area (Å²) < 4.78 is 0. The first kappa shape index (κ1) is 14.8. The van der Waals surface area contributed by atoms with Crippen LogP contribution in [-0.4, -0.2) is 17.3 Å². The molecule has 0 aliphatic carbocycles. The quantitative estimate of drug-likeness (QED) is 0.831. The Hall–Kier alpha value is -0.280. The van der Waals surface area contributed by atoms with Gasteiger partial charge in [0.25, 0.3) is 0 Å². The Morgan fingerprint density at radius 2 is 2.06 bits per heavy atom. The molecule has 0 aliphatic heterocycles. The molecule has 0 spiro atoms. The SMILES string of the molecule is CCCC(C)(O)CNCc1cc(Cl)ccc1Cl. The minimum Gasteiger partial charge on any atom is -0.389 e. The van der Waals surface area contributed by atoms with Crippen molar-refractivity contribution < 1.29 is 5.11 Å². The molecule has 0 saturated carbocycles. The predicted octanol–water partition coefficient (Wildman–Crippen LogP) is 3.63. The smallest absolute Gasteiger partial charge is 0.0743 e. The number of nitrogens with one attached hydrogen (secondary N) is 1. The number of hydrogen-bond acceptors (Lipinski definition) is 2. The van der Waals surface area contributed by atoms with Gasteiger partial charge in [-0.1, -0.05) is 36.5 Å². The molecule has 2 nitrogen and oxygen atoms in total. The molecule has 0 bridgehead atoms. The number of rotatable bonds is 6. The minimum absolute atomic E-state index is 0.545. The van der Waals surface area contributed by atoms with Crippen LogP contribution in [0.1, 0.15) is 32.3 Å². The Bertz CT molecular complexity index is 366. The lowest BCUT2D eigenvalue weighted by Gasteiger charge is -2.23. The Labute approximate surface area is 113 Å². The zero-order valence-electron chi connectivity index (χ0n) is 10.3. The van der Waals surface area contributed by atoms with Crippen molar-refractivity contribution >= 4 is 23.2 Å². The molecular weight excluding hydrogens is 257 g/mol. The maximum absolute atomic E-state index is 9.99. The molecular formula is C13H19Cl2NO.